The fraction of sp³-hybridized carbons (Fsp3) is 0.417. The van der Waals surface area contributed by atoms with Crippen LogP contribution in [0, 0.1) is 13.8 Å². The van der Waals surface area contributed by atoms with Gasteiger partial charge in [-0.05, 0) is 44.0 Å². The molecule has 2 aromatic rings. The van der Waals surface area contributed by atoms with Crippen molar-refractivity contribution in [3.63, 3.8) is 0 Å². The quantitative estimate of drug-likeness (QED) is 0.802. The Morgan fingerprint density at radius 1 is 1.33 bits per heavy atom. The molecule has 3 nitrogen and oxygen atoms in total. The van der Waals surface area contributed by atoms with E-state index < -0.39 is 0 Å². The van der Waals surface area contributed by atoms with Gasteiger partial charge in [-0.15, -0.1) is 0 Å². The van der Waals surface area contributed by atoms with Gasteiger partial charge in [0.05, 0.1) is 11.0 Å². The fourth-order valence-corrected chi connectivity index (χ4v) is 1.75. The van der Waals surface area contributed by atoms with Gasteiger partial charge in [0.1, 0.15) is 5.82 Å². The summed E-state index contributed by atoms with van der Waals surface area (Å²) < 4.78 is 0. The average Bonchev–Trinajstić information content (AvgIpc) is 2.64. The first-order valence-electron chi connectivity index (χ1n) is 5.37. The van der Waals surface area contributed by atoms with Crippen LogP contribution >= 0.6 is 0 Å². The van der Waals surface area contributed by atoms with E-state index in [2.05, 4.69) is 35.9 Å². The highest BCUT2D eigenvalue weighted by Crippen LogP contribution is 2.19. The number of aryl methyl sites for hydroxylation is 3. The summed E-state index contributed by atoms with van der Waals surface area (Å²) in [5.41, 5.74) is 10.3. The summed E-state index contributed by atoms with van der Waals surface area (Å²) in [5.74, 6) is 1.05. The second kappa shape index (κ2) is 4.03. The summed E-state index contributed by atoms with van der Waals surface area (Å²) in [6.45, 7) is 4.95. The second-order valence-corrected chi connectivity index (χ2v) is 3.98. The van der Waals surface area contributed by atoms with Crippen molar-refractivity contribution in [2.24, 2.45) is 5.73 Å². The van der Waals surface area contributed by atoms with Gasteiger partial charge in [-0.25, -0.2) is 4.98 Å². The van der Waals surface area contributed by atoms with Crippen molar-refractivity contribution in [3.05, 3.63) is 29.1 Å². The molecular formula is C12H17N3. The van der Waals surface area contributed by atoms with E-state index in [0.717, 1.165) is 36.2 Å². The van der Waals surface area contributed by atoms with E-state index in [1.54, 1.807) is 0 Å². The first-order chi connectivity index (χ1) is 7.22. The predicted molar refractivity (Wildman–Crippen MR) is 62.9 cm³/mol. The molecular weight excluding hydrogens is 186 g/mol. The zero-order valence-corrected chi connectivity index (χ0v) is 9.30. The summed E-state index contributed by atoms with van der Waals surface area (Å²) in [7, 11) is 0. The van der Waals surface area contributed by atoms with Crippen LogP contribution in [-0.2, 0) is 6.42 Å². The van der Waals surface area contributed by atoms with Crippen molar-refractivity contribution >= 4 is 11.0 Å². The van der Waals surface area contributed by atoms with Crippen molar-refractivity contribution in [3.8, 4) is 0 Å². The van der Waals surface area contributed by atoms with Crippen LogP contribution in [0.25, 0.3) is 11.0 Å². The number of benzene rings is 1. The molecule has 0 aliphatic rings. The number of imidazole rings is 1. The lowest BCUT2D eigenvalue weighted by Gasteiger charge is -1.98. The summed E-state index contributed by atoms with van der Waals surface area (Å²) in [6.07, 6.45) is 1.92. The maximum Gasteiger partial charge on any atom is 0.107 e. The number of hydrogen-bond acceptors (Lipinski definition) is 2. The van der Waals surface area contributed by atoms with Gasteiger partial charge in [-0.2, -0.15) is 0 Å². The normalized spacial score (nSPS) is 11.1. The second-order valence-electron chi connectivity index (χ2n) is 3.98. The van der Waals surface area contributed by atoms with Gasteiger partial charge in [0.15, 0.2) is 0 Å². The van der Waals surface area contributed by atoms with Gasteiger partial charge in [-0.3, -0.25) is 0 Å². The standard InChI is InChI=1S/C12H17N3/c1-8-5-6-10-12(9(8)2)15-11(14-10)4-3-7-13/h5-6H,3-4,7,13H2,1-2H3,(H,14,15). The summed E-state index contributed by atoms with van der Waals surface area (Å²) >= 11 is 0. The van der Waals surface area contributed by atoms with Crippen molar-refractivity contribution in [1.82, 2.24) is 9.97 Å². The molecule has 0 aliphatic carbocycles. The average molecular weight is 203 g/mol. The molecule has 2 rings (SSSR count). The minimum atomic E-state index is 0.717. The number of nitrogens with zero attached hydrogens (tertiary/aromatic N) is 1. The molecule has 80 valence electrons. The summed E-state index contributed by atoms with van der Waals surface area (Å²) in [4.78, 5) is 7.93. The molecule has 1 aromatic heterocycles. The van der Waals surface area contributed by atoms with E-state index in [9.17, 15) is 0 Å². The van der Waals surface area contributed by atoms with Crippen molar-refractivity contribution in [2.75, 3.05) is 6.54 Å². The van der Waals surface area contributed by atoms with E-state index in [0.29, 0.717) is 0 Å². The Kier molecular flexibility index (Phi) is 2.73. The van der Waals surface area contributed by atoms with Crippen LogP contribution in [0.15, 0.2) is 12.1 Å². The highest BCUT2D eigenvalue weighted by molar-refractivity contribution is 5.79. The van der Waals surface area contributed by atoms with Crippen LogP contribution in [0.5, 0.6) is 0 Å². The van der Waals surface area contributed by atoms with Gasteiger partial charge >= 0.3 is 0 Å². The van der Waals surface area contributed by atoms with Crippen molar-refractivity contribution in [2.45, 2.75) is 26.7 Å². The number of H-pyrrole nitrogens is 1. The van der Waals surface area contributed by atoms with E-state index >= 15 is 0 Å². The first-order valence-corrected chi connectivity index (χ1v) is 5.37. The third kappa shape index (κ3) is 1.88. The van der Waals surface area contributed by atoms with Gasteiger partial charge < -0.3 is 10.7 Å². The molecule has 15 heavy (non-hydrogen) atoms. The molecule has 0 aliphatic heterocycles. The summed E-state index contributed by atoms with van der Waals surface area (Å²) in [5, 5.41) is 0. The third-order valence-electron chi connectivity index (χ3n) is 2.85. The number of fused-ring (bicyclic) bond motifs is 1. The number of aromatic nitrogens is 2. The van der Waals surface area contributed by atoms with Gasteiger partial charge in [-0.1, -0.05) is 6.07 Å². The smallest absolute Gasteiger partial charge is 0.107 e. The third-order valence-corrected chi connectivity index (χ3v) is 2.85. The Balaban J connectivity index is 2.42. The zero-order valence-electron chi connectivity index (χ0n) is 9.30. The van der Waals surface area contributed by atoms with Gasteiger partial charge in [0.2, 0.25) is 0 Å². The van der Waals surface area contributed by atoms with Crippen LogP contribution in [-0.4, -0.2) is 16.5 Å². The van der Waals surface area contributed by atoms with Gasteiger partial charge in [0, 0.05) is 6.42 Å². The monoisotopic (exact) mass is 203 g/mol. The molecule has 0 unspecified atom stereocenters. The Hall–Kier alpha value is -1.35. The highest BCUT2D eigenvalue weighted by atomic mass is 14.9. The maximum atomic E-state index is 5.48. The number of aromatic amines is 1. The molecule has 0 radical (unpaired) electrons. The van der Waals surface area contributed by atoms with E-state index in [4.69, 9.17) is 5.73 Å². The van der Waals surface area contributed by atoms with E-state index in [1.165, 1.54) is 11.1 Å². The fourth-order valence-electron chi connectivity index (χ4n) is 1.75. The Morgan fingerprint density at radius 3 is 2.87 bits per heavy atom. The molecule has 3 heteroatoms. The molecule has 0 saturated heterocycles. The molecule has 3 N–H and O–H groups in total. The lowest BCUT2D eigenvalue weighted by atomic mass is 10.1. The molecule has 1 aromatic carbocycles. The predicted octanol–water partition coefficient (Wildman–Crippen LogP) is 2.07. The van der Waals surface area contributed by atoms with Crippen LogP contribution in [0.3, 0.4) is 0 Å². The number of nitrogens with one attached hydrogen (secondary N) is 1. The molecule has 1 heterocycles. The SMILES string of the molecule is Cc1ccc2[nH]c(CCCN)nc2c1C. The van der Waals surface area contributed by atoms with E-state index in [1.807, 2.05) is 0 Å². The topological polar surface area (TPSA) is 54.7 Å². The lowest BCUT2D eigenvalue weighted by molar-refractivity contribution is 0.796. The molecule has 0 fully saturated rings. The van der Waals surface area contributed by atoms with E-state index in [-0.39, 0.29) is 0 Å². The van der Waals surface area contributed by atoms with Crippen molar-refractivity contribution in [1.29, 1.82) is 0 Å². The number of nitrogens with two attached hydrogens (primary N) is 1. The first kappa shape index (κ1) is 10.2. The Bertz CT molecular complexity index is 471. The minimum Gasteiger partial charge on any atom is -0.342 e. The summed E-state index contributed by atoms with van der Waals surface area (Å²) in [6, 6.07) is 4.22. The van der Waals surface area contributed by atoms with Crippen LogP contribution < -0.4 is 5.73 Å². The lowest BCUT2D eigenvalue weighted by Crippen LogP contribution is -2.01. The minimum absolute atomic E-state index is 0.717. The maximum absolute atomic E-state index is 5.48. The van der Waals surface area contributed by atoms with Crippen molar-refractivity contribution < 1.29 is 0 Å². The largest absolute Gasteiger partial charge is 0.342 e. The molecule has 0 atom stereocenters. The highest BCUT2D eigenvalue weighted by Gasteiger charge is 2.06. The molecule has 0 bridgehead atoms. The van der Waals surface area contributed by atoms with Crippen LogP contribution in [0.4, 0.5) is 0 Å². The molecule has 0 saturated carbocycles. The number of rotatable bonds is 3. The molecule has 0 spiro atoms. The Labute approximate surface area is 89.7 Å². The Morgan fingerprint density at radius 2 is 2.13 bits per heavy atom. The van der Waals surface area contributed by atoms with Gasteiger partial charge in [0.25, 0.3) is 0 Å². The molecule has 0 amide bonds. The number of hydrogen-bond donors (Lipinski definition) is 2. The zero-order chi connectivity index (χ0) is 10.8. The van der Waals surface area contributed by atoms with Crippen LogP contribution in [0.1, 0.15) is 23.4 Å². The van der Waals surface area contributed by atoms with Crippen LogP contribution in [0.2, 0.25) is 0 Å².